The largest absolute Gasteiger partial charge is 0.365 e. The maximum atomic E-state index is 4.41. The number of hydrogen-bond acceptors (Lipinski definition) is 3. The number of nitrogens with one attached hydrogen (secondary N) is 2. The summed E-state index contributed by atoms with van der Waals surface area (Å²) >= 11 is 0. The fourth-order valence-electron chi connectivity index (χ4n) is 3.50. The zero-order valence-electron chi connectivity index (χ0n) is 16.6. The van der Waals surface area contributed by atoms with E-state index in [1.807, 2.05) is 7.05 Å². The van der Waals surface area contributed by atoms with Gasteiger partial charge in [0.15, 0.2) is 0 Å². The molecule has 2 unspecified atom stereocenters. The Hall–Kier alpha value is -2.03. The van der Waals surface area contributed by atoms with E-state index < -0.39 is 0 Å². The molecule has 0 saturated carbocycles. The summed E-state index contributed by atoms with van der Waals surface area (Å²) in [5.41, 5.74) is 5.01. The van der Waals surface area contributed by atoms with Gasteiger partial charge in [0.1, 0.15) is 0 Å². The van der Waals surface area contributed by atoms with Crippen LogP contribution in [0.1, 0.15) is 70.5 Å². The summed E-state index contributed by atoms with van der Waals surface area (Å²) in [6, 6.07) is 9.07. The maximum absolute atomic E-state index is 4.41. The van der Waals surface area contributed by atoms with Crippen molar-refractivity contribution in [3.05, 3.63) is 59.6 Å². The molecule has 0 aromatic heterocycles. The molecule has 0 saturated heterocycles. The SMILES string of the molecule is C=C(N/C(C)=C/C(=N\C)C(C)(C)C)NC1CCC(C)c2ccccc21. The van der Waals surface area contributed by atoms with Crippen LogP contribution in [0, 0.1) is 5.41 Å². The smallest absolute Gasteiger partial charge is 0.0959 e. The highest BCUT2D eigenvalue weighted by Crippen LogP contribution is 2.37. The van der Waals surface area contributed by atoms with Gasteiger partial charge in [0, 0.05) is 23.9 Å². The Bertz CT molecular complexity index is 677. The molecule has 2 N–H and O–H groups in total. The third-order valence-electron chi connectivity index (χ3n) is 4.85. The third-order valence-corrected chi connectivity index (χ3v) is 4.85. The Morgan fingerprint density at radius 1 is 1.20 bits per heavy atom. The zero-order valence-corrected chi connectivity index (χ0v) is 16.6. The van der Waals surface area contributed by atoms with E-state index >= 15 is 0 Å². The summed E-state index contributed by atoms with van der Waals surface area (Å²) in [7, 11) is 1.84. The molecule has 2 rings (SSSR count). The van der Waals surface area contributed by atoms with Crippen LogP contribution in [0.25, 0.3) is 0 Å². The first-order valence-electron chi connectivity index (χ1n) is 9.19. The van der Waals surface area contributed by atoms with Gasteiger partial charge >= 0.3 is 0 Å². The minimum absolute atomic E-state index is 0.0326. The number of aliphatic imine (C=N–C) groups is 1. The number of allylic oxidation sites excluding steroid dienone is 2. The zero-order chi connectivity index (χ0) is 18.6. The molecule has 1 aromatic rings. The van der Waals surface area contributed by atoms with Crippen molar-refractivity contribution in [2.75, 3.05) is 7.05 Å². The fourth-order valence-corrected chi connectivity index (χ4v) is 3.50. The number of rotatable bonds is 5. The van der Waals surface area contributed by atoms with Gasteiger partial charge in [0.05, 0.1) is 11.9 Å². The summed E-state index contributed by atoms with van der Waals surface area (Å²) < 4.78 is 0. The fraction of sp³-hybridized carbons (Fsp3) is 0.500. The van der Waals surface area contributed by atoms with Crippen molar-refractivity contribution < 1.29 is 0 Å². The number of fused-ring (bicyclic) bond motifs is 1. The van der Waals surface area contributed by atoms with Gasteiger partial charge < -0.3 is 10.6 Å². The minimum atomic E-state index is 0.0326. The van der Waals surface area contributed by atoms with Gasteiger partial charge in [0.2, 0.25) is 0 Å². The standard InChI is InChI=1S/C22H33N3/c1-15-12-13-20(19-11-9-8-10-18(15)19)25-17(3)24-16(2)14-21(23-7)22(4,5)6/h8-11,14-15,20,24-25H,3,12-13H2,1-2,4-7H3/b16-14+,23-21+. The van der Waals surface area contributed by atoms with Crippen LogP contribution in [-0.2, 0) is 0 Å². The number of hydrogen-bond donors (Lipinski definition) is 2. The molecular weight excluding hydrogens is 306 g/mol. The first kappa shape index (κ1) is 19.3. The van der Waals surface area contributed by atoms with Crippen molar-refractivity contribution >= 4 is 5.71 Å². The van der Waals surface area contributed by atoms with Crippen LogP contribution in [0.4, 0.5) is 0 Å². The molecule has 0 amide bonds. The summed E-state index contributed by atoms with van der Waals surface area (Å²) in [6.45, 7) is 15.1. The Kier molecular flexibility index (Phi) is 6.10. The van der Waals surface area contributed by atoms with Crippen molar-refractivity contribution in [3.8, 4) is 0 Å². The third kappa shape index (κ3) is 4.97. The Morgan fingerprint density at radius 2 is 1.84 bits per heavy atom. The molecule has 0 heterocycles. The van der Waals surface area contributed by atoms with E-state index in [4.69, 9.17) is 0 Å². The Labute approximate surface area is 153 Å². The monoisotopic (exact) mass is 339 g/mol. The van der Waals surface area contributed by atoms with Gasteiger partial charge in [-0.25, -0.2) is 0 Å². The molecule has 1 aromatic carbocycles. The lowest BCUT2D eigenvalue weighted by molar-refractivity contribution is 0.454. The Morgan fingerprint density at radius 3 is 2.44 bits per heavy atom. The van der Waals surface area contributed by atoms with E-state index in [0.29, 0.717) is 12.0 Å². The van der Waals surface area contributed by atoms with E-state index in [1.54, 1.807) is 0 Å². The highest BCUT2D eigenvalue weighted by atomic mass is 15.1. The molecule has 1 aliphatic carbocycles. The first-order valence-corrected chi connectivity index (χ1v) is 9.19. The van der Waals surface area contributed by atoms with Gasteiger partial charge in [-0.05, 0) is 42.9 Å². The highest BCUT2D eigenvalue weighted by molar-refractivity contribution is 5.99. The topological polar surface area (TPSA) is 36.4 Å². The quantitative estimate of drug-likeness (QED) is 0.715. The second-order valence-corrected chi connectivity index (χ2v) is 8.09. The summed E-state index contributed by atoms with van der Waals surface area (Å²) in [5, 5.41) is 6.95. The van der Waals surface area contributed by atoms with Gasteiger partial charge in [-0.15, -0.1) is 0 Å². The molecule has 0 bridgehead atoms. The molecule has 0 aliphatic heterocycles. The van der Waals surface area contributed by atoms with Crippen LogP contribution in [-0.4, -0.2) is 12.8 Å². The molecular formula is C22H33N3. The first-order chi connectivity index (χ1) is 11.7. The van der Waals surface area contributed by atoms with Gasteiger partial charge in [-0.2, -0.15) is 0 Å². The lowest BCUT2D eigenvalue weighted by Crippen LogP contribution is -2.31. The second kappa shape index (κ2) is 7.90. The van der Waals surface area contributed by atoms with Crippen molar-refractivity contribution in [1.29, 1.82) is 0 Å². The van der Waals surface area contributed by atoms with E-state index in [-0.39, 0.29) is 5.41 Å². The molecule has 0 radical (unpaired) electrons. The summed E-state index contributed by atoms with van der Waals surface area (Å²) in [4.78, 5) is 4.41. The van der Waals surface area contributed by atoms with Gasteiger partial charge in [0.25, 0.3) is 0 Å². The maximum Gasteiger partial charge on any atom is 0.0959 e. The molecule has 3 nitrogen and oxygen atoms in total. The molecule has 0 spiro atoms. The van der Waals surface area contributed by atoms with E-state index in [2.05, 4.69) is 87.2 Å². The molecule has 3 heteroatoms. The van der Waals surface area contributed by atoms with Crippen LogP contribution in [0.15, 0.2) is 53.4 Å². The van der Waals surface area contributed by atoms with Crippen molar-refractivity contribution in [2.24, 2.45) is 10.4 Å². The minimum Gasteiger partial charge on any atom is -0.365 e. The van der Waals surface area contributed by atoms with Gasteiger partial charge in [-0.3, -0.25) is 4.99 Å². The van der Waals surface area contributed by atoms with Crippen molar-refractivity contribution in [2.45, 2.75) is 59.4 Å². The predicted molar refractivity (Wildman–Crippen MR) is 109 cm³/mol. The van der Waals surface area contributed by atoms with Crippen molar-refractivity contribution in [1.82, 2.24) is 10.6 Å². The molecule has 0 fully saturated rings. The van der Waals surface area contributed by atoms with Crippen LogP contribution < -0.4 is 10.6 Å². The lowest BCUT2D eigenvalue weighted by atomic mass is 9.81. The highest BCUT2D eigenvalue weighted by Gasteiger charge is 2.24. The van der Waals surface area contributed by atoms with E-state index in [9.17, 15) is 0 Å². The lowest BCUT2D eigenvalue weighted by Gasteiger charge is -2.31. The number of nitrogens with zero attached hydrogens (tertiary/aromatic N) is 1. The molecule has 2 atom stereocenters. The number of benzene rings is 1. The average molecular weight is 340 g/mol. The average Bonchev–Trinajstić information content (AvgIpc) is 2.54. The Balaban J connectivity index is 2.05. The molecule has 1 aliphatic rings. The second-order valence-electron chi connectivity index (χ2n) is 8.09. The van der Waals surface area contributed by atoms with Crippen molar-refractivity contribution in [3.63, 3.8) is 0 Å². The molecule has 136 valence electrons. The van der Waals surface area contributed by atoms with E-state index in [1.165, 1.54) is 17.5 Å². The molecule has 25 heavy (non-hydrogen) atoms. The van der Waals surface area contributed by atoms with Crippen LogP contribution >= 0.6 is 0 Å². The van der Waals surface area contributed by atoms with E-state index in [0.717, 1.165) is 23.7 Å². The normalized spacial score (nSPS) is 21.5. The summed E-state index contributed by atoms with van der Waals surface area (Å²) in [5.74, 6) is 1.47. The van der Waals surface area contributed by atoms with Crippen LogP contribution in [0.2, 0.25) is 0 Å². The van der Waals surface area contributed by atoms with Gasteiger partial charge in [-0.1, -0.05) is 58.5 Å². The van der Waals surface area contributed by atoms with Crippen LogP contribution in [0.5, 0.6) is 0 Å². The van der Waals surface area contributed by atoms with Crippen LogP contribution in [0.3, 0.4) is 0 Å². The predicted octanol–water partition coefficient (Wildman–Crippen LogP) is 5.30. The summed E-state index contributed by atoms with van der Waals surface area (Å²) in [6.07, 6.45) is 4.43.